The first-order valence-corrected chi connectivity index (χ1v) is 5.75. The van der Waals surface area contributed by atoms with E-state index in [0.717, 1.165) is 6.54 Å². The average molecular weight is 221 g/mol. The molecule has 1 rings (SSSR count). The van der Waals surface area contributed by atoms with E-state index in [1.807, 2.05) is 27.7 Å². The molecule has 0 bridgehead atoms. The number of hydrogen-bond donors (Lipinski definition) is 2. The number of benzene rings is 1. The van der Waals surface area contributed by atoms with Gasteiger partial charge in [-0.3, -0.25) is 0 Å². The van der Waals surface area contributed by atoms with Crippen LogP contribution in [0.5, 0.6) is 0 Å². The Morgan fingerprint density at radius 2 is 1.81 bits per heavy atom. The van der Waals surface area contributed by atoms with Crippen molar-refractivity contribution in [3.8, 4) is 0 Å². The number of rotatable bonds is 4. The first-order chi connectivity index (χ1) is 7.22. The monoisotopic (exact) mass is 221 g/mol. The van der Waals surface area contributed by atoms with Crippen molar-refractivity contribution in [3.63, 3.8) is 0 Å². The van der Waals surface area contributed by atoms with E-state index in [0.29, 0.717) is 0 Å². The van der Waals surface area contributed by atoms with Crippen LogP contribution in [0.4, 0.5) is 0 Å². The molecule has 0 spiro atoms. The zero-order valence-corrected chi connectivity index (χ0v) is 11.0. The summed E-state index contributed by atoms with van der Waals surface area (Å²) in [6.07, 6.45) is 0. The summed E-state index contributed by atoms with van der Waals surface area (Å²) in [6.45, 7) is 10.6. The smallest absolute Gasteiger partial charge is 0.0767 e. The number of aliphatic hydroxyl groups is 1. The van der Waals surface area contributed by atoms with Crippen molar-refractivity contribution in [2.75, 3.05) is 0 Å². The van der Waals surface area contributed by atoms with Gasteiger partial charge in [0.25, 0.3) is 0 Å². The fourth-order valence-corrected chi connectivity index (χ4v) is 1.36. The Hall–Kier alpha value is -0.860. The second-order valence-electron chi connectivity index (χ2n) is 5.53. The van der Waals surface area contributed by atoms with Crippen LogP contribution >= 0.6 is 0 Å². The van der Waals surface area contributed by atoms with Crippen molar-refractivity contribution < 1.29 is 5.11 Å². The first-order valence-electron chi connectivity index (χ1n) is 5.75. The van der Waals surface area contributed by atoms with E-state index in [1.54, 1.807) is 0 Å². The van der Waals surface area contributed by atoms with E-state index in [4.69, 9.17) is 0 Å². The quantitative estimate of drug-likeness (QED) is 0.819. The minimum absolute atomic E-state index is 0.309. The number of hydrogen-bond acceptors (Lipinski definition) is 2. The van der Waals surface area contributed by atoms with Gasteiger partial charge in [0.05, 0.1) is 5.60 Å². The number of nitrogens with one attached hydrogen (secondary N) is 1. The minimum Gasteiger partial charge on any atom is -0.389 e. The average Bonchev–Trinajstić information content (AvgIpc) is 2.13. The molecule has 0 aliphatic rings. The molecule has 2 N–H and O–H groups in total. The molecular formula is C14H23NO. The van der Waals surface area contributed by atoms with Crippen LogP contribution in [-0.4, -0.2) is 16.2 Å². The number of aryl methyl sites for hydroxylation is 1. The Morgan fingerprint density at radius 1 is 1.19 bits per heavy atom. The van der Waals surface area contributed by atoms with Gasteiger partial charge in [0.1, 0.15) is 0 Å². The molecule has 1 aromatic rings. The highest BCUT2D eigenvalue weighted by Gasteiger charge is 2.34. The highest BCUT2D eigenvalue weighted by Crippen LogP contribution is 2.21. The Bertz CT molecular complexity index is 350. The van der Waals surface area contributed by atoms with Crippen LogP contribution < -0.4 is 5.32 Å². The van der Waals surface area contributed by atoms with Crippen LogP contribution in [0.2, 0.25) is 0 Å². The Labute approximate surface area is 98.7 Å². The van der Waals surface area contributed by atoms with Gasteiger partial charge in [-0.1, -0.05) is 29.8 Å². The van der Waals surface area contributed by atoms with Crippen LogP contribution in [0, 0.1) is 6.92 Å². The highest BCUT2D eigenvalue weighted by atomic mass is 16.3. The maximum atomic E-state index is 10.0. The van der Waals surface area contributed by atoms with Gasteiger partial charge in [-0.2, -0.15) is 0 Å². The summed E-state index contributed by atoms with van der Waals surface area (Å²) in [6, 6.07) is 8.40. The van der Waals surface area contributed by atoms with E-state index in [2.05, 4.69) is 36.5 Å². The predicted molar refractivity (Wildman–Crippen MR) is 68.4 cm³/mol. The van der Waals surface area contributed by atoms with Gasteiger partial charge in [-0.05, 0) is 40.2 Å². The van der Waals surface area contributed by atoms with Gasteiger partial charge in [-0.15, -0.1) is 0 Å². The second-order valence-corrected chi connectivity index (χ2v) is 5.53. The summed E-state index contributed by atoms with van der Waals surface area (Å²) < 4.78 is 0. The molecular weight excluding hydrogens is 198 g/mol. The summed E-state index contributed by atoms with van der Waals surface area (Å²) in [5, 5.41) is 13.4. The molecule has 0 fully saturated rings. The molecule has 0 radical (unpaired) electrons. The molecule has 0 aromatic heterocycles. The molecule has 0 saturated carbocycles. The SMILES string of the molecule is Cc1cccc(CNC(C)(C)C(C)(C)O)c1. The molecule has 0 aliphatic heterocycles. The Balaban J connectivity index is 2.65. The van der Waals surface area contributed by atoms with Crippen molar-refractivity contribution in [2.24, 2.45) is 0 Å². The van der Waals surface area contributed by atoms with E-state index in [9.17, 15) is 5.11 Å². The van der Waals surface area contributed by atoms with Crippen molar-refractivity contribution >= 4 is 0 Å². The second kappa shape index (κ2) is 4.56. The highest BCUT2D eigenvalue weighted by molar-refractivity contribution is 5.22. The summed E-state index contributed by atoms with van der Waals surface area (Å²) >= 11 is 0. The lowest BCUT2D eigenvalue weighted by molar-refractivity contribution is -0.00531. The molecule has 2 nitrogen and oxygen atoms in total. The van der Waals surface area contributed by atoms with Crippen LogP contribution in [-0.2, 0) is 6.54 Å². The van der Waals surface area contributed by atoms with Crippen molar-refractivity contribution in [1.82, 2.24) is 5.32 Å². The van der Waals surface area contributed by atoms with Crippen molar-refractivity contribution in [1.29, 1.82) is 0 Å². The fraction of sp³-hybridized carbons (Fsp3) is 0.571. The third-order valence-electron chi connectivity index (χ3n) is 3.35. The van der Waals surface area contributed by atoms with Gasteiger partial charge in [0.15, 0.2) is 0 Å². The molecule has 0 heterocycles. The van der Waals surface area contributed by atoms with Crippen LogP contribution in [0.25, 0.3) is 0 Å². The van der Waals surface area contributed by atoms with Gasteiger partial charge in [-0.25, -0.2) is 0 Å². The van der Waals surface area contributed by atoms with Gasteiger partial charge < -0.3 is 10.4 Å². The normalized spacial score (nSPS) is 12.9. The van der Waals surface area contributed by atoms with Crippen molar-refractivity contribution in [3.05, 3.63) is 35.4 Å². The molecule has 0 atom stereocenters. The third kappa shape index (κ3) is 3.32. The van der Waals surface area contributed by atoms with Crippen LogP contribution in [0.3, 0.4) is 0 Å². The van der Waals surface area contributed by atoms with E-state index in [1.165, 1.54) is 11.1 Å². The maximum Gasteiger partial charge on any atom is 0.0767 e. The maximum absolute atomic E-state index is 10.0. The zero-order valence-electron chi connectivity index (χ0n) is 11.0. The van der Waals surface area contributed by atoms with Crippen molar-refractivity contribution in [2.45, 2.75) is 52.3 Å². The lowest BCUT2D eigenvalue weighted by Crippen LogP contribution is -2.55. The molecule has 0 unspecified atom stereocenters. The van der Waals surface area contributed by atoms with E-state index >= 15 is 0 Å². The molecule has 2 heteroatoms. The van der Waals surface area contributed by atoms with Gasteiger partial charge in [0, 0.05) is 12.1 Å². The first kappa shape index (κ1) is 13.2. The molecule has 16 heavy (non-hydrogen) atoms. The zero-order chi connectivity index (χ0) is 12.4. The summed E-state index contributed by atoms with van der Waals surface area (Å²) in [5.41, 5.74) is 1.46. The molecule has 1 aromatic carbocycles. The fourth-order valence-electron chi connectivity index (χ4n) is 1.36. The summed E-state index contributed by atoms with van der Waals surface area (Å²) in [4.78, 5) is 0. The van der Waals surface area contributed by atoms with Crippen LogP contribution in [0.15, 0.2) is 24.3 Å². The Kier molecular flexibility index (Phi) is 3.76. The Morgan fingerprint density at radius 3 is 2.31 bits per heavy atom. The molecule has 0 aliphatic carbocycles. The standard InChI is InChI=1S/C14H23NO/c1-11-7-6-8-12(9-11)10-15-13(2,3)14(4,5)16/h6-9,15-16H,10H2,1-5H3. The summed E-state index contributed by atoms with van der Waals surface area (Å²) in [5.74, 6) is 0. The summed E-state index contributed by atoms with van der Waals surface area (Å²) in [7, 11) is 0. The largest absolute Gasteiger partial charge is 0.389 e. The third-order valence-corrected chi connectivity index (χ3v) is 3.35. The molecule has 90 valence electrons. The molecule has 0 saturated heterocycles. The lowest BCUT2D eigenvalue weighted by Gasteiger charge is -2.38. The minimum atomic E-state index is -0.739. The van der Waals surface area contributed by atoms with E-state index < -0.39 is 5.60 Å². The lowest BCUT2D eigenvalue weighted by atomic mass is 9.86. The molecule has 0 amide bonds. The van der Waals surface area contributed by atoms with E-state index in [-0.39, 0.29) is 5.54 Å². The van der Waals surface area contributed by atoms with Crippen LogP contribution in [0.1, 0.15) is 38.8 Å². The topological polar surface area (TPSA) is 32.3 Å². The predicted octanol–water partition coefficient (Wildman–Crippen LogP) is 2.63. The van der Waals surface area contributed by atoms with Gasteiger partial charge in [0.2, 0.25) is 0 Å². The van der Waals surface area contributed by atoms with Gasteiger partial charge >= 0.3 is 0 Å².